The highest BCUT2D eigenvalue weighted by Crippen LogP contribution is 2.24. The fourth-order valence-electron chi connectivity index (χ4n) is 2.02. The summed E-state index contributed by atoms with van der Waals surface area (Å²) in [6, 6.07) is 0.408. The van der Waals surface area contributed by atoms with Gasteiger partial charge in [-0.05, 0) is 31.6 Å². The lowest BCUT2D eigenvalue weighted by Crippen LogP contribution is -2.41. The summed E-state index contributed by atoms with van der Waals surface area (Å²) in [4.78, 5) is 0. The van der Waals surface area contributed by atoms with Crippen molar-refractivity contribution >= 4 is 0 Å². The van der Waals surface area contributed by atoms with Gasteiger partial charge < -0.3 is 0 Å². The molecule has 0 aromatic rings. The lowest BCUT2D eigenvalue weighted by Gasteiger charge is -2.27. The molecule has 2 atom stereocenters. The van der Waals surface area contributed by atoms with Crippen LogP contribution in [0.3, 0.4) is 0 Å². The zero-order valence-corrected chi connectivity index (χ0v) is 8.84. The molecule has 0 fully saturated rings. The third-order valence-electron chi connectivity index (χ3n) is 3.12. The van der Waals surface area contributed by atoms with Crippen LogP contribution in [0, 0.1) is 5.92 Å². The second-order valence-electron chi connectivity index (χ2n) is 4.05. The molecule has 76 valence electrons. The van der Waals surface area contributed by atoms with Gasteiger partial charge in [0.2, 0.25) is 0 Å². The number of hydrazine groups is 1. The molecule has 1 rings (SSSR count). The molecule has 3 N–H and O–H groups in total. The van der Waals surface area contributed by atoms with E-state index in [-0.39, 0.29) is 0 Å². The second kappa shape index (κ2) is 5.40. The molecule has 1 aliphatic rings. The minimum atomic E-state index is 0.408. The summed E-state index contributed by atoms with van der Waals surface area (Å²) in [5.41, 5.74) is 4.48. The van der Waals surface area contributed by atoms with E-state index in [1.165, 1.54) is 37.7 Å². The summed E-state index contributed by atoms with van der Waals surface area (Å²) in [6.45, 7) is 4.48. The number of nitrogens with two attached hydrogens (primary N) is 1. The molecule has 0 bridgehead atoms. The maximum absolute atomic E-state index is 5.59. The van der Waals surface area contributed by atoms with Gasteiger partial charge in [0.05, 0.1) is 0 Å². The summed E-state index contributed by atoms with van der Waals surface area (Å²) in [7, 11) is 0. The lowest BCUT2D eigenvalue weighted by atomic mass is 9.86. The van der Waals surface area contributed by atoms with Crippen molar-refractivity contribution in [3.8, 4) is 0 Å². The fraction of sp³-hybridized carbons (Fsp3) is 0.818. The maximum atomic E-state index is 5.59. The maximum Gasteiger partial charge on any atom is 0.0445 e. The molecule has 0 heterocycles. The Morgan fingerprint density at radius 3 is 2.77 bits per heavy atom. The van der Waals surface area contributed by atoms with Crippen molar-refractivity contribution in [2.24, 2.45) is 11.8 Å². The lowest BCUT2D eigenvalue weighted by molar-refractivity contribution is 0.399. The van der Waals surface area contributed by atoms with E-state index in [0.29, 0.717) is 12.0 Å². The van der Waals surface area contributed by atoms with Crippen LogP contribution in [0.15, 0.2) is 11.6 Å². The molecule has 0 aromatic heterocycles. The Morgan fingerprint density at radius 1 is 1.54 bits per heavy atom. The number of rotatable bonds is 4. The van der Waals surface area contributed by atoms with Crippen LogP contribution in [0.5, 0.6) is 0 Å². The normalized spacial score (nSPS) is 22.2. The van der Waals surface area contributed by atoms with Crippen LogP contribution in [-0.4, -0.2) is 6.04 Å². The minimum absolute atomic E-state index is 0.408. The van der Waals surface area contributed by atoms with Crippen LogP contribution in [-0.2, 0) is 0 Å². The van der Waals surface area contributed by atoms with Gasteiger partial charge in [0.1, 0.15) is 0 Å². The van der Waals surface area contributed by atoms with E-state index in [0.717, 1.165) is 0 Å². The molecular weight excluding hydrogens is 160 g/mol. The monoisotopic (exact) mass is 182 g/mol. The van der Waals surface area contributed by atoms with Gasteiger partial charge in [-0.2, -0.15) is 0 Å². The minimum Gasteiger partial charge on any atom is -0.271 e. The number of hydrogen-bond acceptors (Lipinski definition) is 2. The summed E-state index contributed by atoms with van der Waals surface area (Å²) in [5, 5.41) is 0. The Bertz CT molecular complexity index is 175. The summed E-state index contributed by atoms with van der Waals surface area (Å²) >= 11 is 0. The first-order valence-corrected chi connectivity index (χ1v) is 5.44. The first-order valence-electron chi connectivity index (χ1n) is 5.44. The van der Waals surface area contributed by atoms with Gasteiger partial charge in [-0.15, -0.1) is 0 Å². The molecule has 0 spiro atoms. The predicted octanol–water partition coefficient (Wildman–Crippen LogP) is 2.36. The molecule has 2 nitrogen and oxygen atoms in total. The van der Waals surface area contributed by atoms with Crippen LogP contribution < -0.4 is 11.3 Å². The molecule has 13 heavy (non-hydrogen) atoms. The summed E-state index contributed by atoms with van der Waals surface area (Å²) < 4.78 is 0. The van der Waals surface area contributed by atoms with Gasteiger partial charge in [-0.25, -0.2) is 0 Å². The first-order chi connectivity index (χ1) is 6.29. The molecule has 0 radical (unpaired) electrons. The van der Waals surface area contributed by atoms with E-state index in [2.05, 4.69) is 25.3 Å². The van der Waals surface area contributed by atoms with Crippen LogP contribution in [0.2, 0.25) is 0 Å². The third-order valence-corrected chi connectivity index (χ3v) is 3.12. The molecular formula is C11H22N2. The van der Waals surface area contributed by atoms with Crippen LogP contribution in [0.1, 0.15) is 46.0 Å². The highest BCUT2D eigenvalue weighted by atomic mass is 15.2. The number of hydrogen-bond donors (Lipinski definition) is 2. The number of allylic oxidation sites excluding steroid dienone is 1. The van der Waals surface area contributed by atoms with Gasteiger partial charge in [0.25, 0.3) is 0 Å². The average Bonchev–Trinajstić information content (AvgIpc) is 2.20. The standard InChI is InChI=1S/C11H22N2/c1-3-9(2)11(13-12)10-7-5-4-6-8-10/h7,9,11,13H,3-6,8,12H2,1-2H3. The van der Waals surface area contributed by atoms with E-state index in [1.807, 2.05) is 0 Å². The van der Waals surface area contributed by atoms with Crippen LogP contribution in [0.25, 0.3) is 0 Å². The first kappa shape index (κ1) is 10.7. The van der Waals surface area contributed by atoms with Crippen molar-refractivity contribution in [3.63, 3.8) is 0 Å². The van der Waals surface area contributed by atoms with Crippen molar-refractivity contribution in [2.45, 2.75) is 52.0 Å². The topological polar surface area (TPSA) is 38.0 Å². The molecule has 2 heteroatoms. The van der Waals surface area contributed by atoms with Gasteiger partial charge in [-0.1, -0.05) is 31.9 Å². The fourth-order valence-corrected chi connectivity index (χ4v) is 2.02. The summed E-state index contributed by atoms with van der Waals surface area (Å²) in [5.74, 6) is 6.24. The van der Waals surface area contributed by atoms with Gasteiger partial charge in [-0.3, -0.25) is 11.3 Å². The van der Waals surface area contributed by atoms with E-state index in [1.54, 1.807) is 0 Å². The predicted molar refractivity (Wildman–Crippen MR) is 57.1 cm³/mol. The Morgan fingerprint density at radius 2 is 2.31 bits per heavy atom. The largest absolute Gasteiger partial charge is 0.271 e. The number of nitrogens with one attached hydrogen (secondary N) is 1. The molecule has 0 aromatic carbocycles. The van der Waals surface area contributed by atoms with E-state index < -0.39 is 0 Å². The average molecular weight is 182 g/mol. The van der Waals surface area contributed by atoms with E-state index in [9.17, 15) is 0 Å². The van der Waals surface area contributed by atoms with E-state index in [4.69, 9.17) is 5.84 Å². The zero-order chi connectivity index (χ0) is 9.68. The summed E-state index contributed by atoms with van der Waals surface area (Å²) in [6.07, 6.45) is 8.72. The Hall–Kier alpha value is -0.340. The molecule has 0 saturated carbocycles. The van der Waals surface area contributed by atoms with Crippen LogP contribution in [0.4, 0.5) is 0 Å². The van der Waals surface area contributed by atoms with Gasteiger partial charge in [0.15, 0.2) is 0 Å². The SMILES string of the molecule is CCC(C)C(NN)C1=CCCCC1. The van der Waals surface area contributed by atoms with Crippen LogP contribution >= 0.6 is 0 Å². The Kier molecular flexibility index (Phi) is 4.46. The molecule has 2 unspecified atom stereocenters. The quantitative estimate of drug-likeness (QED) is 0.398. The Balaban J connectivity index is 2.58. The highest BCUT2D eigenvalue weighted by molar-refractivity contribution is 5.13. The smallest absolute Gasteiger partial charge is 0.0445 e. The zero-order valence-electron chi connectivity index (χ0n) is 8.84. The van der Waals surface area contributed by atoms with Crippen molar-refractivity contribution in [2.75, 3.05) is 0 Å². The molecule has 0 amide bonds. The van der Waals surface area contributed by atoms with Crippen molar-refractivity contribution < 1.29 is 0 Å². The second-order valence-corrected chi connectivity index (χ2v) is 4.05. The molecule has 0 saturated heterocycles. The van der Waals surface area contributed by atoms with Crippen molar-refractivity contribution in [1.29, 1.82) is 0 Å². The Labute approximate surface area is 81.6 Å². The van der Waals surface area contributed by atoms with E-state index >= 15 is 0 Å². The molecule has 0 aliphatic heterocycles. The van der Waals surface area contributed by atoms with Crippen molar-refractivity contribution in [1.82, 2.24) is 5.43 Å². The third kappa shape index (κ3) is 2.82. The van der Waals surface area contributed by atoms with Crippen molar-refractivity contribution in [3.05, 3.63) is 11.6 Å². The molecule has 1 aliphatic carbocycles. The van der Waals surface area contributed by atoms with Gasteiger partial charge >= 0.3 is 0 Å². The highest BCUT2D eigenvalue weighted by Gasteiger charge is 2.19. The van der Waals surface area contributed by atoms with Gasteiger partial charge in [0, 0.05) is 6.04 Å².